The van der Waals surface area contributed by atoms with Crippen LogP contribution in [-0.2, 0) is 9.53 Å². The quantitative estimate of drug-likeness (QED) is 0.722. The monoisotopic (exact) mass is 292 g/mol. The predicted octanol–water partition coefficient (Wildman–Crippen LogP) is 2.34. The molecule has 1 amide bonds. The molecular formula is C16H24N2O3. The molecule has 1 heterocycles. The third kappa shape index (κ3) is 4.19. The second kappa shape index (κ2) is 7.43. The molecule has 0 spiro atoms. The highest BCUT2D eigenvalue weighted by Gasteiger charge is 2.29. The van der Waals surface area contributed by atoms with Gasteiger partial charge in [-0.1, -0.05) is 26.8 Å². The Morgan fingerprint density at radius 3 is 2.86 bits per heavy atom. The van der Waals surface area contributed by atoms with Gasteiger partial charge in [0.25, 0.3) is 0 Å². The van der Waals surface area contributed by atoms with Gasteiger partial charge in [0.05, 0.1) is 6.61 Å². The zero-order valence-electron chi connectivity index (χ0n) is 12.9. The number of anilines is 1. The first kappa shape index (κ1) is 15.8. The minimum absolute atomic E-state index is 0.00994. The predicted molar refractivity (Wildman–Crippen MR) is 82.6 cm³/mol. The van der Waals surface area contributed by atoms with E-state index in [9.17, 15) is 4.79 Å². The van der Waals surface area contributed by atoms with E-state index in [1.807, 2.05) is 25.1 Å². The van der Waals surface area contributed by atoms with Crippen molar-refractivity contribution in [2.45, 2.75) is 26.8 Å². The minimum Gasteiger partial charge on any atom is -0.491 e. The normalized spacial score (nSPS) is 17.0. The summed E-state index contributed by atoms with van der Waals surface area (Å²) in [6, 6.07) is 5.44. The van der Waals surface area contributed by atoms with Crippen molar-refractivity contribution in [3.63, 3.8) is 0 Å². The van der Waals surface area contributed by atoms with E-state index in [0.717, 1.165) is 30.2 Å². The van der Waals surface area contributed by atoms with Gasteiger partial charge in [-0.3, -0.25) is 4.79 Å². The van der Waals surface area contributed by atoms with Crippen LogP contribution in [0, 0.1) is 5.92 Å². The lowest BCUT2D eigenvalue weighted by Gasteiger charge is -2.11. The number of rotatable bonds is 8. The van der Waals surface area contributed by atoms with Crippen molar-refractivity contribution in [2.75, 3.05) is 31.7 Å². The molecule has 2 rings (SSSR count). The fourth-order valence-corrected chi connectivity index (χ4v) is 2.28. The lowest BCUT2D eigenvalue weighted by molar-refractivity contribution is -0.117. The van der Waals surface area contributed by atoms with Crippen molar-refractivity contribution in [1.82, 2.24) is 5.32 Å². The molecule has 5 nitrogen and oxygen atoms in total. The van der Waals surface area contributed by atoms with E-state index in [-0.39, 0.29) is 11.9 Å². The number of amides is 1. The summed E-state index contributed by atoms with van der Waals surface area (Å²) in [6.45, 7) is 8.80. The summed E-state index contributed by atoms with van der Waals surface area (Å²) in [6.07, 6.45) is 0. The highest BCUT2D eigenvalue weighted by atomic mass is 16.5. The number of ether oxygens (including phenoxy) is 2. The second-order valence-corrected chi connectivity index (χ2v) is 5.55. The fourth-order valence-electron chi connectivity index (χ4n) is 2.28. The van der Waals surface area contributed by atoms with Crippen LogP contribution < -0.4 is 15.4 Å². The summed E-state index contributed by atoms with van der Waals surface area (Å²) in [7, 11) is 0. The maximum absolute atomic E-state index is 11.9. The molecule has 5 heteroatoms. The molecule has 0 aliphatic carbocycles. The molecule has 1 atom stereocenters. The zero-order valence-corrected chi connectivity index (χ0v) is 12.9. The smallest absolute Gasteiger partial charge is 0.246 e. The molecule has 0 bridgehead atoms. The van der Waals surface area contributed by atoms with Crippen molar-refractivity contribution in [3.05, 3.63) is 23.8 Å². The number of hydrogen-bond donors (Lipinski definition) is 2. The SMILES string of the molecule is CCNC1C(=O)Nc2cc(OCCOCC(C)C)ccc21. The minimum atomic E-state index is -0.256. The van der Waals surface area contributed by atoms with Crippen LogP contribution in [0.15, 0.2) is 18.2 Å². The number of fused-ring (bicyclic) bond motifs is 1. The van der Waals surface area contributed by atoms with Gasteiger partial charge >= 0.3 is 0 Å². The Balaban J connectivity index is 1.87. The second-order valence-electron chi connectivity index (χ2n) is 5.55. The van der Waals surface area contributed by atoms with E-state index < -0.39 is 0 Å². The van der Waals surface area contributed by atoms with Crippen molar-refractivity contribution in [1.29, 1.82) is 0 Å². The highest BCUT2D eigenvalue weighted by molar-refractivity contribution is 6.02. The van der Waals surface area contributed by atoms with Crippen LogP contribution in [0.2, 0.25) is 0 Å². The molecule has 1 aliphatic rings. The van der Waals surface area contributed by atoms with Crippen molar-refractivity contribution >= 4 is 11.6 Å². The Kier molecular flexibility index (Phi) is 5.59. The first-order valence-corrected chi connectivity index (χ1v) is 7.50. The molecule has 0 saturated carbocycles. The molecule has 0 saturated heterocycles. The fraction of sp³-hybridized carbons (Fsp3) is 0.562. The van der Waals surface area contributed by atoms with Crippen LogP contribution in [0.3, 0.4) is 0 Å². The first-order valence-electron chi connectivity index (χ1n) is 7.50. The van der Waals surface area contributed by atoms with E-state index in [1.54, 1.807) is 0 Å². The van der Waals surface area contributed by atoms with Gasteiger partial charge in [0, 0.05) is 23.9 Å². The van der Waals surface area contributed by atoms with Crippen LogP contribution in [0.4, 0.5) is 5.69 Å². The Labute approximate surface area is 126 Å². The van der Waals surface area contributed by atoms with Crippen LogP contribution in [0.1, 0.15) is 32.4 Å². The largest absolute Gasteiger partial charge is 0.491 e. The van der Waals surface area contributed by atoms with Gasteiger partial charge in [0.15, 0.2) is 0 Å². The Bertz CT molecular complexity index is 488. The zero-order chi connectivity index (χ0) is 15.2. The lowest BCUT2D eigenvalue weighted by Crippen LogP contribution is -2.27. The Hall–Kier alpha value is -1.59. The topological polar surface area (TPSA) is 59.6 Å². The lowest BCUT2D eigenvalue weighted by atomic mass is 10.1. The van der Waals surface area contributed by atoms with Crippen molar-refractivity contribution < 1.29 is 14.3 Å². The van der Waals surface area contributed by atoms with Gasteiger partial charge < -0.3 is 20.1 Å². The highest BCUT2D eigenvalue weighted by Crippen LogP contribution is 2.33. The van der Waals surface area contributed by atoms with Gasteiger partial charge in [-0.25, -0.2) is 0 Å². The summed E-state index contributed by atoms with van der Waals surface area (Å²) in [5.41, 5.74) is 1.80. The summed E-state index contributed by atoms with van der Waals surface area (Å²) in [4.78, 5) is 11.9. The van der Waals surface area contributed by atoms with E-state index in [4.69, 9.17) is 9.47 Å². The van der Waals surface area contributed by atoms with Crippen LogP contribution >= 0.6 is 0 Å². The summed E-state index contributed by atoms with van der Waals surface area (Å²) < 4.78 is 11.1. The summed E-state index contributed by atoms with van der Waals surface area (Å²) in [5, 5.41) is 6.04. The van der Waals surface area contributed by atoms with Gasteiger partial charge in [-0.05, 0) is 18.5 Å². The number of likely N-dealkylation sites (N-methyl/N-ethyl adjacent to an activating group) is 1. The molecule has 0 fully saturated rings. The molecule has 0 aromatic heterocycles. The third-order valence-corrected chi connectivity index (χ3v) is 3.21. The standard InChI is InChI=1S/C16H24N2O3/c1-4-17-15-13-6-5-12(9-14(13)18-16(15)19)21-8-7-20-10-11(2)3/h5-6,9,11,15,17H,4,7-8,10H2,1-3H3,(H,18,19). The molecular weight excluding hydrogens is 268 g/mol. The Morgan fingerprint density at radius 2 is 2.14 bits per heavy atom. The summed E-state index contributed by atoms with van der Waals surface area (Å²) >= 11 is 0. The maximum atomic E-state index is 11.9. The van der Waals surface area contributed by atoms with Crippen molar-refractivity contribution in [2.24, 2.45) is 5.92 Å². The first-order chi connectivity index (χ1) is 10.1. The van der Waals surface area contributed by atoms with Crippen molar-refractivity contribution in [3.8, 4) is 5.75 Å². The number of hydrogen-bond acceptors (Lipinski definition) is 4. The van der Waals surface area contributed by atoms with E-state index >= 15 is 0 Å². The number of carbonyl (C=O) groups is 1. The Morgan fingerprint density at radius 1 is 1.33 bits per heavy atom. The average molecular weight is 292 g/mol. The van der Waals surface area contributed by atoms with Gasteiger partial charge in [-0.2, -0.15) is 0 Å². The van der Waals surface area contributed by atoms with Gasteiger partial charge in [-0.15, -0.1) is 0 Å². The molecule has 0 radical (unpaired) electrons. The number of carbonyl (C=O) groups excluding carboxylic acids is 1. The van der Waals surface area contributed by atoms with E-state index in [1.165, 1.54) is 0 Å². The molecule has 1 unspecified atom stereocenters. The number of nitrogens with one attached hydrogen (secondary N) is 2. The number of benzene rings is 1. The average Bonchev–Trinajstić information content (AvgIpc) is 2.74. The molecule has 1 aliphatic heterocycles. The molecule has 2 N–H and O–H groups in total. The molecule has 1 aromatic carbocycles. The van der Waals surface area contributed by atoms with Gasteiger partial charge in [0.2, 0.25) is 5.91 Å². The van der Waals surface area contributed by atoms with Crippen LogP contribution in [-0.4, -0.2) is 32.3 Å². The van der Waals surface area contributed by atoms with Crippen LogP contribution in [0.5, 0.6) is 5.75 Å². The third-order valence-electron chi connectivity index (χ3n) is 3.21. The summed E-state index contributed by atoms with van der Waals surface area (Å²) in [5.74, 6) is 1.27. The van der Waals surface area contributed by atoms with E-state index in [2.05, 4.69) is 24.5 Å². The maximum Gasteiger partial charge on any atom is 0.246 e. The molecule has 116 valence electrons. The molecule has 21 heavy (non-hydrogen) atoms. The molecule has 1 aromatic rings. The van der Waals surface area contributed by atoms with Crippen LogP contribution in [0.25, 0.3) is 0 Å². The van der Waals surface area contributed by atoms with Gasteiger partial charge in [0.1, 0.15) is 18.4 Å². The van der Waals surface area contributed by atoms with E-state index in [0.29, 0.717) is 19.1 Å².